The first kappa shape index (κ1) is 26.8. The maximum absolute atomic E-state index is 12.4. The van der Waals surface area contributed by atoms with Crippen molar-refractivity contribution in [3.8, 4) is 0 Å². The van der Waals surface area contributed by atoms with E-state index in [4.69, 9.17) is 9.47 Å². The molecule has 8 heteroatoms. The number of fused-ring (bicyclic) bond motifs is 1. The van der Waals surface area contributed by atoms with Crippen LogP contribution in [0, 0.1) is 6.92 Å². The summed E-state index contributed by atoms with van der Waals surface area (Å²) in [5, 5.41) is 7.97. The van der Waals surface area contributed by atoms with Gasteiger partial charge in [-0.25, -0.2) is 14.3 Å². The number of carbonyl (C=O) groups excluding carboxylic acids is 1. The third-order valence-corrected chi connectivity index (χ3v) is 7.15. The van der Waals surface area contributed by atoms with E-state index in [0.29, 0.717) is 29.5 Å². The summed E-state index contributed by atoms with van der Waals surface area (Å²) in [7, 11) is 0. The lowest BCUT2D eigenvalue weighted by Gasteiger charge is -2.34. The molecule has 1 saturated heterocycles. The van der Waals surface area contributed by atoms with Crippen LogP contribution in [0.3, 0.4) is 0 Å². The van der Waals surface area contributed by atoms with Crippen molar-refractivity contribution >= 4 is 17.4 Å². The van der Waals surface area contributed by atoms with Gasteiger partial charge in [0, 0.05) is 19.6 Å². The molecule has 1 fully saturated rings. The number of rotatable bonds is 11. The first-order valence-corrected chi connectivity index (χ1v) is 13.9. The van der Waals surface area contributed by atoms with Crippen LogP contribution < -0.4 is 5.32 Å². The van der Waals surface area contributed by atoms with E-state index < -0.39 is 5.97 Å². The summed E-state index contributed by atoms with van der Waals surface area (Å²) in [6, 6.07) is 24.8. The molecule has 0 radical (unpaired) electrons. The van der Waals surface area contributed by atoms with Gasteiger partial charge in [-0.2, -0.15) is 0 Å². The Morgan fingerprint density at radius 1 is 1.00 bits per heavy atom. The Labute approximate surface area is 230 Å². The Morgan fingerprint density at radius 2 is 1.67 bits per heavy atom. The second-order valence-corrected chi connectivity index (χ2v) is 9.91. The van der Waals surface area contributed by atoms with Gasteiger partial charge in [-0.3, -0.25) is 0 Å². The largest absolute Gasteiger partial charge is 0.461 e. The number of carbonyl (C=O) groups is 1. The molecule has 0 unspecified atom stereocenters. The molecule has 204 valence electrons. The van der Waals surface area contributed by atoms with E-state index in [0.717, 1.165) is 45.4 Å². The average molecular weight is 528 g/mol. The molecule has 4 aromatic rings. The van der Waals surface area contributed by atoms with Crippen molar-refractivity contribution < 1.29 is 14.3 Å². The third-order valence-electron chi connectivity index (χ3n) is 7.15. The van der Waals surface area contributed by atoms with Crippen molar-refractivity contribution in [3.05, 3.63) is 95.3 Å². The Hall–Kier alpha value is -3.75. The molecule has 1 N–H and O–H groups in total. The molecule has 1 aliphatic heterocycles. The lowest BCUT2D eigenvalue weighted by Crippen LogP contribution is -2.38. The second-order valence-electron chi connectivity index (χ2n) is 9.91. The van der Waals surface area contributed by atoms with Crippen molar-refractivity contribution in [1.29, 1.82) is 0 Å². The number of aryl methyl sites for hydroxylation is 1. The zero-order chi connectivity index (χ0) is 27.0. The Kier molecular flexibility index (Phi) is 8.85. The second kappa shape index (κ2) is 12.9. The van der Waals surface area contributed by atoms with Crippen LogP contribution in [-0.4, -0.2) is 64.4 Å². The van der Waals surface area contributed by atoms with Crippen LogP contribution in [-0.2, 0) is 9.47 Å². The van der Waals surface area contributed by atoms with Gasteiger partial charge in [-0.05, 0) is 62.9 Å². The Bertz CT molecular complexity index is 1310. The van der Waals surface area contributed by atoms with E-state index in [1.165, 1.54) is 11.1 Å². The molecule has 0 aliphatic carbocycles. The fraction of sp³-hybridized carbons (Fsp3) is 0.387. The molecule has 2 aromatic carbocycles. The number of benzene rings is 2. The van der Waals surface area contributed by atoms with E-state index >= 15 is 0 Å². The highest BCUT2D eigenvalue weighted by Gasteiger charge is 2.24. The summed E-state index contributed by atoms with van der Waals surface area (Å²) in [6.07, 6.45) is 3.25. The van der Waals surface area contributed by atoms with Crippen molar-refractivity contribution in [2.45, 2.75) is 45.3 Å². The first-order chi connectivity index (χ1) is 19.1. The van der Waals surface area contributed by atoms with E-state index in [2.05, 4.69) is 68.8 Å². The minimum atomic E-state index is -0.404. The van der Waals surface area contributed by atoms with E-state index in [1.807, 2.05) is 24.3 Å². The minimum Gasteiger partial charge on any atom is -0.461 e. The number of nitrogens with one attached hydrogen (secondary N) is 1. The van der Waals surface area contributed by atoms with Crippen LogP contribution in [0.4, 0.5) is 5.82 Å². The van der Waals surface area contributed by atoms with Crippen LogP contribution in [0.25, 0.3) is 5.65 Å². The number of hydrogen-bond acceptors (Lipinski definition) is 7. The zero-order valence-electron chi connectivity index (χ0n) is 22.8. The summed E-state index contributed by atoms with van der Waals surface area (Å²) in [6.45, 7) is 7.77. The van der Waals surface area contributed by atoms with Crippen molar-refractivity contribution in [2.75, 3.05) is 38.1 Å². The molecule has 0 bridgehead atoms. The SMILES string of the molecule is CCOC(=O)c1c(C)nc2ccc(NCCCN3CCC(OC(c4ccccc4)c4ccccc4)CC3)nn12. The Balaban J connectivity index is 1.10. The number of piperidine rings is 1. The maximum Gasteiger partial charge on any atom is 0.358 e. The fourth-order valence-electron chi connectivity index (χ4n) is 5.16. The number of esters is 1. The van der Waals surface area contributed by atoms with Crippen molar-refractivity contribution in [1.82, 2.24) is 19.5 Å². The maximum atomic E-state index is 12.4. The van der Waals surface area contributed by atoms with Crippen LogP contribution in [0.1, 0.15) is 59.6 Å². The molecule has 0 saturated carbocycles. The van der Waals surface area contributed by atoms with Crippen LogP contribution in [0.2, 0.25) is 0 Å². The monoisotopic (exact) mass is 527 g/mol. The fourth-order valence-corrected chi connectivity index (χ4v) is 5.16. The summed E-state index contributed by atoms with van der Waals surface area (Å²) < 4.78 is 13.4. The number of ether oxygens (including phenoxy) is 2. The summed E-state index contributed by atoms with van der Waals surface area (Å²) in [5.41, 5.74) is 4.02. The van der Waals surface area contributed by atoms with E-state index in [1.54, 1.807) is 18.4 Å². The molecular formula is C31H37N5O3. The highest BCUT2D eigenvalue weighted by molar-refractivity contribution is 5.89. The van der Waals surface area contributed by atoms with Gasteiger partial charge in [-0.15, -0.1) is 5.10 Å². The molecule has 8 nitrogen and oxygen atoms in total. The van der Waals surface area contributed by atoms with E-state index in [9.17, 15) is 4.79 Å². The van der Waals surface area contributed by atoms with E-state index in [-0.39, 0.29) is 12.2 Å². The highest BCUT2D eigenvalue weighted by atomic mass is 16.5. The number of hydrogen-bond donors (Lipinski definition) is 1. The van der Waals surface area contributed by atoms with Gasteiger partial charge in [0.2, 0.25) is 0 Å². The number of nitrogens with zero attached hydrogens (tertiary/aromatic N) is 4. The summed E-state index contributed by atoms with van der Waals surface area (Å²) >= 11 is 0. The standard InChI is InChI=1S/C31H37N5O3/c1-3-38-31(37)29-23(2)33-28-16-15-27(34-36(28)29)32-19-10-20-35-21-17-26(18-22-35)39-30(24-11-6-4-7-12-24)25-13-8-5-9-14-25/h4-9,11-16,26,30H,3,10,17-22H2,1-2H3,(H,32,34). The quantitative estimate of drug-likeness (QED) is 0.210. The van der Waals surface area contributed by atoms with Crippen molar-refractivity contribution in [2.24, 2.45) is 0 Å². The minimum absolute atomic E-state index is 0.0402. The molecular weight excluding hydrogens is 490 g/mol. The zero-order valence-corrected chi connectivity index (χ0v) is 22.8. The number of imidazole rings is 1. The lowest BCUT2D eigenvalue weighted by molar-refractivity contribution is -0.0269. The van der Waals surface area contributed by atoms with Gasteiger partial charge in [-0.1, -0.05) is 60.7 Å². The smallest absolute Gasteiger partial charge is 0.358 e. The van der Waals surface area contributed by atoms with Gasteiger partial charge in [0.1, 0.15) is 11.9 Å². The molecule has 39 heavy (non-hydrogen) atoms. The van der Waals surface area contributed by atoms with Gasteiger partial charge in [0.15, 0.2) is 11.3 Å². The number of anilines is 1. The molecule has 5 rings (SSSR count). The number of aromatic nitrogens is 3. The number of likely N-dealkylation sites (tertiary alicyclic amines) is 1. The summed E-state index contributed by atoms with van der Waals surface area (Å²) in [4.78, 5) is 19.3. The summed E-state index contributed by atoms with van der Waals surface area (Å²) in [5.74, 6) is 0.309. The van der Waals surface area contributed by atoms with Gasteiger partial charge < -0.3 is 19.7 Å². The Morgan fingerprint density at radius 3 is 2.31 bits per heavy atom. The molecule has 0 amide bonds. The predicted octanol–water partition coefficient (Wildman–Crippen LogP) is 5.29. The van der Waals surface area contributed by atoms with Gasteiger partial charge >= 0.3 is 5.97 Å². The van der Waals surface area contributed by atoms with Gasteiger partial charge in [0.25, 0.3) is 0 Å². The third kappa shape index (κ3) is 6.64. The molecule has 0 atom stereocenters. The first-order valence-electron chi connectivity index (χ1n) is 13.9. The molecule has 3 heterocycles. The van der Waals surface area contributed by atoms with Crippen LogP contribution in [0.5, 0.6) is 0 Å². The molecule has 2 aromatic heterocycles. The van der Waals surface area contributed by atoms with Crippen LogP contribution >= 0.6 is 0 Å². The average Bonchev–Trinajstić information content (AvgIpc) is 3.31. The predicted molar refractivity (Wildman–Crippen MR) is 152 cm³/mol. The van der Waals surface area contributed by atoms with Crippen molar-refractivity contribution in [3.63, 3.8) is 0 Å². The normalized spacial score (nSPS) is 14.6. The lowest BCUT2D eigenvalue weighted by atomic mass is 10.00. The highest BCUT2D eigenvalue weighted by Crippen LogP contribution is 2.30. The molecule has 0 spiro atoms. The van der Waals surface area contributed by atoms with Crippen LogP contribution in [0.15, 0.2) is 72.8 Å². The molecule has 1 aliphatic rings. The van der Waals surface area contributed by atoms with Gasteiger partial charge in [0.05, 0.1) is 18.4 Å². The topological polar surface area (TPSA) is 81.0 Å².